The predicted molar refractivity (Wildman–Crippen MR) is 167 cm³/mol. The molecule has 1 unspecified atom stereocenters. The normalized spacial score (nSPS) is 17.6. The highest BCUT2D eigenvalue weighted by atomic mass is 35.5. The van der Waals surface area contributed by atoms with Crippen molar-refractivity contribution in [1.82, 2.24) is 14.9 Å². The predicted octanol–water partition coefficient (Wildman–Crippen LogP) is 5.37. The third kappa shape index (κ3) is 6.68. The lowest BCUT2D eigenvalue weighted by atomic mass is 10.0. The van der Waals surface area contributed by atoms with Crippen LogP contribution in [0.1, 0.15) is 30.9 Å². The second kappa shape index (κ2) is 13.0. The minimum atomic E-state index is -4.46. The summed E-state index contributed by atoms with van der Waals surface area (Å²) in [6.45, 7) is 3.58. The van der Waals surface area contributed by atoms with Gasteiger partial charge in [-0.2, -0.15) is 0 Å². The molecule has 14 heteroatoms. The van der Waals surface area contributed by atoms with Crippen LogP contribution in [-0.2, 0) is 14.8 Å². The zero-order valence-corrected chi connectivity index (χ0v) is 26.0. The molecule has 0 aliphatic carbocycles. The van der Waals surface area contributed by atoms with Gasteiger partial charge in [0, 0.05) is 61.4 Å². The summed E-state index contributed by atoms with van der Waals surface area (Å²) < 4.78 is 70.6. The number of hydrogen-bond acceptors (Lipinski definition) is 9. The maximum atomic E-state index is 15.9. The van der Waals surface area contributed by atoms with Crippen molar-refractivity contribution in [3.63, 3.8) is 0 Å². The highest BCUT2D eigenvalue weighted by molar-refractivity contribution is 7.92. The van der Waals surface area contributed by atoms with Crippen LogP contribution in [0.3, 0.4) is 0 Å². The molecule has 2 aliphatic rings. The van der Waals surface area contributed by atoms with E-state index in [0.717, 1.165) is 50.7 Å². The van der Waals surface area contributed by atoms with Gasteiger partial charge >= 0.3 is 0 Å². The Morgan fingerprint density at radius 3 is 2.71 bits per heavy atom. The maximum Gasteiger partial charge on any atom is 0.265 e. The summed E-state index contributed by atoms with van der Waals surface area (Å²) >= 11 is 6.14. The van der Waals surface area contributed by atoms with Crippen molar-refractivity contribution in [2.24, 2.45) is 0 Å². The van der Waals surface area contributed by atoms with E-state index in [-0.39, 0.29) is 45.9 Å². The summed E-state index contributed by atoms with van der Waals surface area (Å²) in [6.07, 6.45) is 2.76. The minimum Gasteiger partial charge on any atom is -0.492 e. The largest absolute Gasteiger partial charge is 0.492 e. The van der Waals surface area contributed by atoms with Crippen LogP contribution in [-0.4, -0.2) is 74.4 Å². The maximum absolute atomic E-state index is 15.9. The van der Waals surface area contributed by atoms with E-state index in [1.54, 1.807) is 25.4 Å². The summed E-state index contributed by atoms with van der Waals surface area (Å²) in [7, 11) is -2.77. The van der Waals surface area contributed by atoms with Gasteiger partial charge < -0.3 is 24.8 Å². The smallest absolute Gasteiger partial charge is 0.265 e. The topological polar surface area (TPSA) is 126 Å². The molecule has 10 nitrogen and oxygen atoms in total. The summed E-state index contributed by atoms with van der Waals surface area (Å²) in [4.78, 5) is 11.0. The molecule has 3 N–H and O–H groups in total. The molecule has 238 valence electrons. The number of piperidine rings is 1. The van der Waals surface area contributed by atoms with Gasteiger partial charge in [0.05, 0.1) is 36.1 Å². The molecule has 45 heavy (non-hydrogen) atoms. The zero-order valence-electron chi connectivity index (χ0n) is 24.4. The second-order valence-electron chi connectivity index (χ2n) is 11.1. The Kier molecular flexibility index (Phi) is 9.07. The number of methoxy groups -OCH3 is 1. The summed E-state index contributed by atoms with van der Waals surface area (Å²) in [6, 6.07) is 9.51. The monoisotopic (exact) mass is 659 g/mol. The number of anilines is 2. The van der Waals surface area contributed by atoms with Gasteiger partial charge in [0.2, 0.25) is 5.95 Å². The fourth-order valence-electron chi connectivity index (χ4n) is 5.68. The van der Waals surface area contributed by atoms with Gasteiger partial charge in [0.1, 0.15) is 16.5 Å². The lowest BCUT2D eigenvalue weighted by molar-refractivity contribution is 0.113. The van der Waals surface area contributed by atoms with E-state index in [0.29, 0.717) is 23.5 Å². The number of ether oxygens (including phenoxy) is 2. The van der Waals surface area contributed by atoms with Crippen LogP contribution >= 0.6 is 11.6 Å². The van der Waals surface area contributed by atoms with E-state index >= 15 is 8.78 Å². The lowest BCUT2D eigenvalue weighted by Gasteiger charge is -2.32. The Hall–Kier alpha value is -3.62. The number of nitrogens with one attached hydrogen (secondary N) is 2. The third-order valence-electron chi connectivity index (χ3n) is 8.07. The number of sulfonamides is 1. The first-order chi connectivity index (χ1) is 21.6. The van der Waals surface area contributed by atoms with E-state index in [1.807, 2.05) is 0 Å². The number of fused-ring (bicyclic) bond motifs is 2. The molecular weight excluding hydrogens is 628 g/mol. The quantitative estimate of drug-likeness (QED) is 0.218. The van der Waals surface area contributed by atoms with Gasteiger partial charge in [-0.15, -0.1) is 0 Å². The van der Waals surface area contributed by atoms with Crippen LogP contribution in [0.15, 0.2) is 53.6 Å². The van der Waals surface area contributed by atoms with Crippen molar-refractivity contribution in [2.45, 2.75) is 36.3 Å². The number of likely N-dealkylation sites (tertiary alicyclic amines) is 1. The molecule has 1 fully saturated rings. The van der Waals surface area contributed by atoms with Crippen LogP contribution in [0.4, 0.5) is 20.4 Å². The molecule has 3 aromatic carbocycles. The average Bonchev–Trinajstić information content (AvgIpc) is 3.02. The molecule has 0 radical (unpaired) electrons. The Morgan fingerprint density at radius 2 is 1.93 bits per heavy atom. The van der Waals surface area contributed by atoms with Crippen LogP contribution < -0.4 is 14.8 Å². The van der Waals surface area contributed by atoms with Gasteiger partial charge in [-0.25, -0.2) is 27.2 Å². The summed E-state index contributed by atoms with van der Waals surface area (Å²) in [5, 5.41) is 14.3. The lowest BCUT2D eigenvalue weighted by Crippen LogP contribution is -2.40. The van der Waals surface area contributed by atoms with E-state index in [9.17, 15) is 13.5 Å². The number of benzene rings is 3. The van der Waals surface area contributed by atoms with Crippen molar-refractivity contribution < 1.29 is 31.8 Å². The Morgan fingerprint density at radius 1 is 1.13 bits per heavy atom. The van der Waals surface area contributed by atoms with Gasteiger partial charge in [0.15, 0.2) is 5.82 Å². The van der Waals surface area contributed by atoms with E-state index in [4.69, 9.17) is 21.1 Å². The first kappa shape index (κ1) is 31.4. The Labute approximate surface area is 264 Å². The fourth-order valence-corrected chi connectivity index (χ4v) is 7.23. The molecule has 0 spiro atoms. The van der Waals surface area contributed by atoms with Crippen molar-refractivity contribution in [1.29, 1.82) is 0 Å². The Bertz CT molecular complexity index is 1840. The molecule has 4 aromatic rings. The summed E-state index contributed by atoms with van der Waals surface area (Å²) in [5.74, 6) is -1.58. The van der Waals surface area contributed by atoms with Gasteiger partial charge in [-0.1, -0.05) is 17.7 Å². The van der Waals surface area contributed by atoms with Crippen LogP contribution in [0.5, 0.6) is 5.75 Å². The van der Waals surface area contributed by atoms with Gasteiger partial charge in [-0.05, 0) is 54.8 Å². The second-order valence-corrected chi connectivity index (χ2v) is 13.2. The highest BCUT2D eigenvalue weighted by Gasteiger charge is 2.30. The van der Waals surface area contributed by atoms with Crippen molar-refractivity contribution in [3.8, 4) is 16.9 Å². The molecule has 2 aliphatic heterocycles. The average molecular weight is 660 g/mol. The number of aliphatic hydroxyl groups is 1. The van der Waals surface area contributed by atoms with Crippen molar-refractivity contribution in [3.05, 3.63) is 70.9 Å². The zero-order chi connectivity index (χ0) is 31.7. The van der Waals surface area contributed by atoms with Crippen LogP contribution in [0.25, 0.3) is 22.0 Å². The van der Waals surface area contributed by atoms with E-state index < -0.39 is 39.0 Å². The molecule has 1 atom stereocenters. The molecule has 1 saturated heterocycles. The molecule has 3 heterocycles. The first-order valence-electron chi connectivity index (χ1n) is 14.5. The number of aliphatic hydroxyl groups excluding tert-OH is 1. The number of halogens is 3. The molecular formula is C31H32ClF2N5O5S. The van der Waals surface area contributed by atoms with E-state index in [1.165, 1.54) is 12.1 Å². The third-order valence-corrected chi connectivity index (χ3v) is 9.66. The molecule has 0 saturated carbocycles. The molecule has 0 amide bonds. The van der Waals surface area contributed by atoms with Crippen LogP contribution in [0, 0.1) is 11.6 Å². The highest BCUT2D eigenvalue weighted by Crippen LogP contribution is 2.41. The fraction of sp³-hybridized carbons (Fsp3) is 0.355. The van der Waals surface area contributed by atoms with Gasteiger partial charge in [-0.3, -0.25) is 4.72 Å². The van der Waals surface area contributed by atoms with E-state index in [2.05, 4.69) is 24.9 Å². The standard InChI is InChI=1S/C31H32ClF2N5O5S/c1-43-13-11-39-9-6-21(7-10-39)36-31-35-17-19-14-18(2-4-24(19)37-31)28-23(33)3-5-25(29(28)34)38-45(41,42)27-16-20(32)15-22-26(40)8-12-44-30(22)27/h2-5,14-17,21,26,38,40H,6-13H2,1H3,(H,35,36,37). The SMILES string of the molecule is COCCN1CCC(Nc2ncc3cc(-c4c(F)ccc(NS(=O)(=O)c5cc(Cl)cc6c5OCCC6O)c4F)ccc3n2)CC1. The van der Waals surface area contributed by atoms with Crippen molar-refractivity contribution >= 4 is 44.2 Å². The molecule has 0 bridgehead atoms. The van der Waals surface area contributed by atoms with Crippen LogP contribution in [0.2, 0.25) is 5.02 Å². The molecule has 1 aromatic heterocycles. The van der Waals surface area contributed by atoms with Crippen molar-refractivity contribution in [2.75, 3.05) is 50.0 Å². The number of rotatable bonds is 9. The van der Waals surface area contributed by atoms with Gasteiger partial charge in [0.25, 0.3) is 10.0 Å². The summed E-state index contributed by atoms with van der Waals surface area (Å²) in [5.41, 5.74) is 0.0895. The number of hydrogen-bond donors (Lipinski definition) is 3. The number of nitrogens with zero attached hydrogens (tertiary/aromatic N) is 3. The first-order valence-corrected chi connectivity index (χ1v) is 16.4. The Balaban J connectivity index is 1.23. The minimum absolute atomic E-state index is 0.0546. The number of aromatic nitrogens is 2. The molecule has 6 rings (SSSR count).